The molecule has 0 aliphatic rings. The Hall–Kier alpha value is -1.84. The third-order valence-electron chi connectivity index (χ3n) is 3.62. The molecule has 21 heavy (non-hydrogen) atoms. The van der Waals surface area contributed by atoms with Crippen molar-refractivity contribution in [2.24, 2.45) is 0 Å². The van der Waals surface area contributed by atoms with E-state index in [1.165, 1.54) is 44.9 Å². The largest absolute Gasteiger partial charge is 0.423 e. The molecule has 0 aliphatic carbocycles. The van der Waals surface area contributed by atoms with Crippen molar-refractivity contribution in [3.05, 3.63) is 30.7 Å². The Kier molecular flexibility index (Phi) is 6.25. The summed E-state index contributed by atoms with van der Waals surface area (Å²) in [5, 5.41) is 11.2. The van der Waals surface area contributed by atoms with Crippen molar-refractivity contribution in [1.29, 1.82) is 0 Å². The van der Waals surface area contributed by atoms with Gasteiger partial charge in [-0.1, -0.05) is 45.1 Å². The van der Waals surface area contributed by atoms with Crippen LogP contribution in [0.5, 0.6) is 0 Å². The Bertz CT molecular complexity index is 511. The lowest BCUT2D eigenvalue weighted by Gasteiger charge is -2.15. The highest BCUT2D eigenvalue weighted by Crippen LogP contribution is 2.21. The first-order valence-corrected chi connectivity index (χ1v) is 7.92. The van der Waals surface area contributed by atoms with E-state index in [4.69, 9.17) is 4.42 Å². The zero-order chi connectivity index (χ0) is 14.9. The fourth-order valence-electron chi connectivity index (χ4n) is 2.45. The Morgan fingerprint density at radius 3 is 2.81 bits per heavy atom. The first-order valence-electron chi connectivity index (χ1n) is 7.92. The van der Waals surface area contributed by atoms with Crippen LogP contribution in [0.4, 0.5) is 5.69 Å². The van der Waals surface area contributed by atoms with Crippen molar-refractivity contribution < 1.29 is 4.42 Å². The molecule has 2 aromatic rings. The van der Waals surface area contributed by atoms with Gasteiger partial charge in [0, 0.05) is 17.3 Å². The lowest BCUT2D eigenvalue weighted by atomic mass is 10.1. The van der Waals surface area contributed by atoms with Gasteiger partial charge >= 0.3 is 0 Å². The van der Waals surface area contributed by atoms with Gasteiger partial charge in [0.1, 0.15) is 0 Å². The topological polar surface area (TPSA) is 51.0 Å². The van der Waals surface area contributed by atoms with Crippen LogP contribution in [-0.2, 0) is 0 Å². The second kappa shape index (κ2) is 8.45. The summed E-state index contributed by atoms with van der Waals surface area (Å²) < 4.78 is 5.23. The quantitative estimate of drug-likeness (QED) is 0.667. The van der Waals surface area contributed by atoms with E-state index in [0.717, 1.165) is 11.3 Å². The molecule has 0 saturated heterocycles. The first kappa shape index (κ1) is 15.5. The zero-order valence-electron chi connectivity index (χ0n) is 13.0. The van der Waals surface area contributed by atoms with Gasteiger partial charge in [0.25, 0.3) is 0 Å². The molecule has 1 unspecified atom stereocenters. The smallest absolute Gasteiger partial charge is 0.247 e. The molecule has 4 nitrogen and oxygen atoms in total. The summed E-state index contributed by atoms with van der Waals surface area (Å²) in [6.45, 7) is 4.49. The summed E-state index contributed by atoms with van der Waals surface area (Å²) in [6.07, 6.45) is 9.20. The highest BCUT2D eigenvalue weighted by Gasteiger charge is 2.06. The van der Waals surface area contributed by atoms with E-state index in [-0.39, 0.29) is 0 Å². The minimum absolute atomic E-state index is 0.476. The molecule has 114 valence electrons. The molecule has 0 amide bonds. The van der Waals surface area contributed by atoms with Crippen molar-refractivity contribution in [2.75, 3.05) is 5.32 Å². The van der Waals surface area contributed by atoms with E-state index in [9.17, 15) is 0 Å². The minimum atomic E-state index is 0.476. The number of aromatic nitrogens is 2. The van der Waals surface area contributed by atoms with Crippen LogP contribution in [0.1, 0.15) is 52.4 Å². The molecule has 0 fully saturated rings. The van der Waals surface area contributed by atoms with Crippen LogP contribution in [0.3, 0.4) is 0 Å². The maximum atomic E-state index is 5.23. The van der Waals surface area contributed by atoms with Gasteiger partial charge < -0.3 is 9.73 Å². The van der Waals surface area contributed by atoms with Gasteiger partial charge in [0.2, 0.25) is 12.3 Å². The Labute approximate surface area is 127 Å². The maximum absolute atomic E-state index is 5.23. The number of unbranched alkanes of at least 4 members (excludes halogenated alkanes) is 4. The number of hydrogen-bond acceptors (Lipinski definition) is 4. The molecule has 1 atom stereocenters. The summed E-state index contributed by atoms with van der Waals surface area (Å²) in [5.74, 6) is 0.561. The van der Waals surface area contributed by atoms with E-state index in [0.29, 0.717) is 11.9 Å². The average molecular weight is 287 g/mol. The van der Waals surface area contributed by atoms with E-state index in [1.54, 1.807) is 0 Å². The summed E-state index contributed by atoms with van der Waals surface area (Å²) in [4.78, 5) is 0. The van der Waals surface area contributed by atoms with Crippen LogP contribution < -0.4 is 5.32 Å². The van der Waals surface area contributed by atoms with Crippen molar-refractivity contribution in [3.63, 3.8) is 0 Å². The van der Waals surface area contributed by atoms with Gasteiger partial charge in [-0.2, -0.15) is 0 Å². The average Bonchev–Trinajstić information content (AvgIpc) is 3.01. The van der Waals surface area contributed by atoms with Gasteiger partial charge in [-0.05, 0) is 31.5 Å². The second-order valence-corrected chi connectivity index (χ2v) is 5.57. The molecule has 2 rings (SSSR count). The molecule has 0 radical (unpaired) electrons. The van der Waals surface area contributed by atoms with Crippen LogP contribution in [-0.4, -0.2) is 16.2 Å². The second-order valence-electron chi connectivity index (χ2n) is 5.57. The Morgan fingerprint density at radius 1 is 1.19 bits per heavy atom. The summed E-state index contributed by atoms with van der Waals surface area (Å²) in [5.41, 5.74) is 2.06. The number of rotatable bonds is 9. The molecular formula is C17H25N3O. The molecule has 0 spiro atoms. The van der Waals surface area contributed by atoms with Gasteiger partial charge in [0.15, 0.2) is 0 Å². The third-order valence-corrected chi connectivity index (χ3v) is 3.62. The molecule has 0 bridgehead atoms. The number of nitrogens with one attached hydrogen (secondary N) is 1. The van der Waals surface area contributed by atoms with Gasteiger partial charge in [0.05, 0.1) is 0 Å². The standard InChI is InChI=1S/C17H25N3O/c1-3-4-5-6-7-9-14(2)19-16-11-8-10-15(12-16)17-20-18-13-21-17/h8,10-14,19H,3-7,9H2,1-2H3. The molecule has 0 aliphatic heterocycles. The normalized spacial score (nSPS) is 12.3. The van der Waals surface area contributed by atoms with Crippen LogP contribution in [0.15, 0.2) is 35.1 Å². The lowest BCUT2D eigenvalue weighted by Crippen LogP contribution is -2.14. The third kappa shape index (κ3) is 5.21. The predicted molar refractivity (Wildman–Crippen MR) is 86.2 cm³/mol. The SMILES string of the molecule is CCCCCCCC(C)Nc1cccc(-c2nnco2)c1. The summed E-state index contributed by atoms with van der Waals surface area (Å²) in [7, 11) is 0. The fraction of sp³-hybridized carbons (Fsp3) is 0.529. The van der Waals surface area contributed by atoms with Crippen LogP contribution in [0.2, 0.25) is 0 Å². The lowest BCUT2D eigenvalue weighted by molar-refractivity contribution is 0.568. The van der Waals surface area contributed by atoms with Crippen LogP contribution in [0.25, 0.3) is 11.5 Å². The van der Waals surface area contributed by atoms with Gasteiger partial charge in [-0.3, -0.25) is 0 Å². The van der Waals surface area contributed by atoms with Crippen LogP contribution in [0, 0.1) is 0 Å². The minimum Gasteiger partial charge on any atom is -0.423 e. The maximum Gasteiger partial charge on any atom is 0.247 e. The molecule has 1 N–H and O–H groups in total. The van der Waals surface area contributed by atoms with Gasteiger partial charge in [-0.15, -0.1) is 10.2 Å². The highest BCUT2D eigenvalue weighted by atomic mass is 16.4. The van der Waals surface area contributed by atoms with Crippen molar-refractivity contribution in [2.45, 2.75) is 58.4 Å². The first-order chi connectivity index (χ1) is 10.3. The summed E-state index contributed by atoms with van der Waals surface area (Å²) in [6, 6.07) is 8.60. The number of hydrogen-bond donors (Lipinski definition) is 1. The van der Waals surface area contributed by atoms with E-state index in [2.05, 4.69) is 41.5 Å². The molecular weight excluding hydrogens is 262 g/mol. The van der Waals surface area contributed by atoms with Crippen molar-refractivity contribution >= 4 is 5.69 Å². The molecule has 1 heterocycles. The van der Waals surface area contributed by atoms with E-state index < -0.39 is 0 Å². The summed E-state index contributed by atoms with van der Waals surface area (Å²) >= 11 is 0. The Balaban J connectivity index is 1.81. The van der Waals surface area contributed by atoms with E-state index in [1.807, 2.05) is 12.1 Å². The predicted octanol–water partition coefficient (Wildman–Crippen LogP) is 4.90. The monoisotopic (exact) mass is 287 g/mol. The van der Waals surface area contributed by atoms with Crippen molar-refractivity contribution in [1.82, 2.24) is 10.2 Å². The number of anilines is 1. The molecule has 0 saturated carbocycles. The van der Waals surface area contributed by atoms with Crippen molar-refractivity contribution in [3.8, 4) is 11.5 Å². The highest BCUT2D eigenvalue weighted by molar-refractivity contribution is 5.61. The van der Waals surface area contributed by atoms with Crippen LogP contribution >= 0.6 is 0 Å². The Morgan fingerprint density at radius 2 is 2.05 bits per heavy atom. The number of benzene rings is 1. The zero-order valence-corrected chi connectivity index (χ0v) is 13.0. The fourth-order valence-corrected chi connectivity index (χ4v) is 2.45. The molecule has 1 aromatic carbocycles. The van der Waals surface area contributed by atoms with Gasteiger partial charge in [-0.25, -0.2) is 0 Å². The van der Waals surface area contributed by atoms with E-state index >= 15 is 0 Å². The molecule has 4 heteroatoms. The molecule has 1 aromatic heterocycles. The number of nitrogens with zero attached hydrogens (tertiary/aromatic N) is 2.